The first-order valence-electron chi connectivity index (χ1n) is 26.1. The molecule has 0 radical (unpaired) electrons. The second kappa shape index (κ2) is 50.0. The highest BCUT2D eigenvalue weighted by molar-refractivity contribution is 5.71. The number of carbonyl (C=O) groups is 3. The van der Waals surface area contributed by atoms with E-state index in [4.69, 9.17) is 14.2 Å². The predicted molar refractivity (Wildman–Crippen MR) is 261 cm³/mol. The molecule has 0 aromatic rings. The molecule has 0 aliphatic carbocycles. The molecule has 1 unspecified atom stereocenters. The lowest BCUT2D eigenvalue weighted by molar-refractivity contribution is -0.167. The quantitative estimate of drug-likeness (QED) is 0.0263. The molecule has 0 saturated carbocycles. The number of allylic oxidation sites excluding steroid dienone is 8. The zero-order chi connectivity index (χ0) is 44.4. The summed E-state index contributed by atoms with van der Waals surface area (Å²) in [5, 5.41) is 0. The molecular weight excluding hydrogens is 757 g/mol. The maximum atomic E-state index is 12.7. The van der Waals surface area contributed by atoms with Crippen LogP contribution in [0.4, 0.5) is 0 Å². The summed E-state index contributed by atoms with van der Waals surface area (Å²) in [6.45, 7) is 6.53. The third-order valence-electron chi connectivity index (χ3n) is 11.3. The molecule has 6 nitrogen and oxygen atoms in total. The van der Waals surface area contributed by atoms with Crippen LogP contribution in [0, 0.1) is 0 Å². The molecule has 61 heavy (non-hydrogen) atoms. The Kier molecular flexibility index (Phi) is 47.9. The summed E-state index contributed by atoms with van der Waals surface area (Å²) >= 11 is 0. The maximum Gasteiger partial charge on any atom is 0.306 e. The molecule has 0 bridgehead atoms. The first-order chi connectivity index (χ1) is 30.0. The van der Waals surface area contributed by atoms with Crippen LogP contribution < -0.4 is 0 Å². The molecule has 0 aliphatic heterocycles. The first kappa shape index (κ1) is 58.4. The molecule has 0 fully saturated rings. The highest BCUT2D eigenvalue weighted by Crippen LogP contribution is 2.15. The molecule has 0 rings (SSSR count). The minimum absolute atomic E-state index is 0.0763. The van der Waals surface area contributed by atoms with Crippen molar-refractivity contribution >= 4 is 17.9 Å². The molecule has 0 spiro atoms. The van der Waals surface area contributed by atoms with Crippen molar-refractivity contribution in [3.63, 3.8) is 0 Å². The molecule has 1 atom stereocenters. The maximum absolute atomic E-state index is 12.7. The Morgan fingerprint density at radius 3 is 1.00 bits per heavy atom. The molecule has 0 N–H and O–H groups in total. The van der Waals surface area contributed by atoms with E-state index in [-0.39, 0.29) is 31.1 Å². The van der Waals surface area contributed by atoms with Crippen LogP contribution in [0.15, 0.2) is 48.6 Å². The van der Waals surface area contributed by atoms with Gasteiger partial charge in [-0.15, -0.1) is 0 Å². The molecule has 0 aliphatic rings. The number of ether oxygens (including phenoxy) is 3. The van der Waals surface area contributed by atoms with Gasteiger partial charge in [-0.05, 0) is 77.0 Å². The lowest BCUT2D eigenvalue weighted by Crippen LogP contribution is -2.30. The number of hydrogen-bond donors (Lipinski definition) is 0. The molecule has 6 heteroatoms. The van der Waals surface area contributed by atoms with Gasteiger partial charge in [-0.1, -0.05) is 217 Å². The Morgan fingerprint density at radius 1 is 0.328 bits per heavy atom. The van der Waals surface area contributed by atoms with Gasteiger partial charge in [0.2, 0.25) is 0 Å². The van der Waals surface area contributed by atoms with E-state index in [9.17, 15) is 14.4 Å². The Balaban J connectivity index is 4.13. The van der Waals surface area contributed by atoms with E-state index in [1.807, 2.05) is 0 Å². The average Bonchev–Trinajstić information content (AvgIpc) is 3.26. The van der Waals surface area contributed by atoms with E-state index in [2.05, 4.69) is 69.4 Å². The Labute approximate surface area is 378 Å². The molecular formula is C55H98O6. The largest absolute Gasteiger partial charge is 0.462 e. The second-order valence-corrected chi connectivity index (χ2v) is 17.4. The van der Waals surface area contributed by atoms with E-state index in [0.29, 0.717) is 19.3 Å². The summed E-state index contributed by atoms with van der Waals surface area (Å²) < 4.78 is 16.7. The molecule has 354 valence electrons. The number of unbranched alkanes of at least 4 members (excludes halogenated alkanes) is 28. The van der Waals surface area contributed by atoms with Gasteiger partial charge in [0.05, 0.1) is 0 Å². The number of hydrogen-bond acceptors (Lipinski definition) is 6. The third kappa shape index (κ3) is 48.3. The zero-order valence-corrected chi connectivity index (χ0v) is 40.4. The van der Waals surface area contributed by atoms with E-state index in [1.54, 1.807) is 0 Å². The van der Waals surface area contributed by atoms with Gasteiger partial charge in [0.15, 0.2) is 6.10 Å². The van der Waals surface area contributed by atoms with Gasteiger partial charge in [-0.25, -0.2) is 0 Å². The monoisotopic (exact) mass is 855 g/mol. The fourth-order valence-corrected chi connectivity index (χ4v) is 7.33. The Hall–Kier alpha value is -2.63. The summed E-state index contributed by atoms with van der Waals surface area (Å²) in [4.78, 5) is 37.7. The van der Waals surface area contributed by atoms with Crippen LogP contribution in [-0.2, 0) is 28.6 Å². The average molecular weight is 855 g/mol. The number of esters is 3. The van der Waals surface area contributed by atoms with Crippen LogP contribution in [0.25, 0.3) is 0 Å². The van der Waals surface area contributed by atoms with Crippen molar-refractivity contribution < 1.29 is 28.6 Å². The van der Waals surface area contributed by atoms with Crippen molar-refractivity contribution in [2.75, 3.05) is 13.2 Å². The minimum atomic E-state index is -0.773. The highest BCUT2D eigenvalue weighted by Gasteiger charge is 2.19. The summed E-state index contributed by atoms with van der Waals surface area (Å²) in [6, 6.07) is 0. The first-order valence-corrected chi connectivity index (χ1v) is 26.1. The summed E-state index contributed by atoms with van der Waals surface area (Å²) in [5.74, 6) is -0.892. The van der Waals surface area contributed by atoms with E-state index < -0.39 is 6.10 Å². The standard InChI is InChI=1S/C55H98O6/c1-4-7-10-13-16-19-21-22-23-24-25-26-27-28-29-30-31-32-33-34-35-37-39-42-45-48-54(57)60-51-52(50-59-53(56)47-44-41-38-18-15-12-9-6-3)61-55(58)49-46-43-40-36-20-17-14-11-8-5-2/h11,14,21-22,24-25,27-28,52H,4-10,12-13,15-20,23,26,29-51H2,1-3H3/b14-11-,22-21-,25-24-,28-27-. The predicted octanol–water partition coefficient (Wildman–Crippen LogP) is 17.1. The Bertz CT molecular complexity index is 1070. The lowest BCUT2D eigenvalue weighted by atomic mass is 10.1. The van der Waals surface area contributed by atoms with Crippen LogP contribution in [0.2, 0.25) is 0 Å². The van der Waals surface area contributed by atoms with Crippen molar-refractivity contribution in [2.24, 2.45) is 0 Å². The van der Waals surface area contributed by atoms with Crippen LogP contribution >= 0.6 is 0 Å². The fourth-order valence-electron chi connectivity index (χ4n) is 7.33. The van der Waals surface area contributed by atoms with Crippen LogP contribution in [-0.4, -0.2) is 37.2 Å². The van der Waals surface area contributed by atoms with Gasteiger partial charge in [0.25, 0.3) is 0 Å². The molecule has 0 aromatic carbocycles. The Morgan fingerprint density at radius 2 is 0.623 bits per heavy atom. The van der Waals surface area contributed by atoms with Crippen LogP contribution in [0.5, 0.6) is 0 Å². The van der Waals surface area contributed by atoms with Crippen LogP contribution in [0.3, 0.4) is 0 Å². The SMILES string of the molecule is CCC/C=C\CCCCCCCC(=O)OC(COC(=O)CCCCCCCCCC)COC(=O)CCCCCCCCCCCC/C=C\C/C=C\C/C=C\CCCCCCC. The topological polar surface area (TPSA) is 78.9 Å². The van der Waals surface area contributed by atoms with Crippen molar-refractivity contribution in [3.8, 4) is 0 Å². The second-order valence-electron chi connectivity index (χ2n) is 17.4. The lowest BCUT2D eigenvalue weighted by Gasteiger charge is -2.18. The van der Waals surface area contributed by atoms with E-state index in [0.717, 1.165) is 89.9 Å². The molecule has 0 heterocycles. The summed E-state index contributed by atoms with van der Waals surface area (Å²) in [5.41, 5.74) is 0. The zero-order valence-electron chi connectivity index (χ0n) is 40.4. The van der Waals surface area contributed by atoms with Crippen molar-refractivity contribution in [1.29, 1.82) is 0 Å². The normalized spacial score (nSPS) is 12.4. The van der Waals surface area contributed by atoms with E-state index in [1.165, 1.54) is 135 Å². The van der Waals surface area contributed by atoms with Gasteiger partial charge in [-0.2, -0.15) is 0 Å². The minimum Gasteiger partial charge on any atom is -0.462 e. The molecule has 0 aromatic heterocycles. The summed E-state index contributed by atoms with van der Waals surface area (Å²) in [6.07, 6.45) is 59.8. The van der Waals surface area contributed by atoms with Gasteiger partial charge in [0.1, 0.15) is 13.2 Å². The van der Waals surface area contributed by atoms with Crippen molar-refractivity contribution in [1.82, 2.24) is 0 Å². The molecule has 0 saturated heterocycles. The highest BCUT2D eigenvalue weighted by atomic mass is 16.6. The number of rotatable bonds is 47. The van der Waals surface area contributed by atoms with Gasteiger partial charge in [0, 0.05) is 19.3 Å². The van der Waals surface area contributed by atoms with Crippen molar-refractivity contribution in [3.05, 3.63) is 48.6 Å². The smallest absolute Gasteiger partial charge is 0.306 e. The van der Waals surface area contributed by atoms with Gasteiger partial charge in [-0.3, -0.25) is 14.4 Å². The van der Waals surface area contributed by atoms with Crippen LogP contribution in [0.1, 0.15) is 265 Å². The third-order valence-corrected chi connectivity index (χ3v) is 11.3. The number of carbonyl (C=O) groups excluding carboxylic acids is 3. The summed E-state index contributed by atoms with van der Waals surface area (Å²) in [7, 11) is 0. The van der Waals surface area contributed by atoms with Gasteiger partial charge >= 0.3 is 17.9 Å². The molecule has 0 amide bonds. The van der Waals surface area contributed by atoms with E-state index >= 15 is 0 Å². The van der Waals surface area contributed by atoms with Crippen molar-refractivity contribution in [2.45, 2.75) is 271 Å². The fraction of sp³-hybridized carbons (Fsp3) is 0.800. The van der Waals surface area contributed by atoms with Gasteiger partial charge < -0.3 is 14.2 Å².